The van der Waals surface area contributed by atoms with Crippen molar-refractivity contribution in [1.29, 1.82) is 0 Å². The van der Waals surface area contributed by atoms with Crippen molar-refractivity contribution < 1.29 is 32.6 Å². The first-order valence-corrected chi connectivity index (χ1v) is 15.9. The van der Waals surface area contributed by atoms with E-state index in [9.17, 15) is 18.4 Å². The molecule has 1 heterocycles. The van der Waals surface area contributed by atoms with Gasteiger partial charge in [0, 0.05) is 29.8 Å². The molecule has 0 radical (unpaired) electrons. The second-order valence-corrected chi connectivity index (χ2v) is 11.8. The number of esters is 1. The van der Waals surface area contributed by atoms with E-state index in [1.54, 1.807) is 12.1 Å². The van der Waals surface area contributed by atoms with Gasteiger partial charge in [-0.25, -0.2) is 8.78 Å². The first kappa shape index (κ1) is 33.9. The highest BCUT2D eigenvalue weighted by Crippen LogP contribution is 2.36. The second kappa shape index (κ2) is 15.4. The number of hydrogen-bond acceptors (Lipinski definition) is 6. The van der Waals surface area contributed by atoms with E-state index in [2.05, 4.69) is 10.6 Å². The maximum atomic E-state index is 13.8. The Morgan fingerprint density at radius 1 is 0.872 bits per heavy atom. The number of amides is 1. The molecule has 7 nitrogen and oxygen atoms in total. The second-order valence-electron chi connectivity index (χ2n) is 11.4. The molecule has 246 valence electrons. The molecule has 1 atom stereocenters. The molecule has 1 saturated heterocycles. The van der Waals surface area contributed by atoms with E-state index in [4.69, 9.17) is 25.8 Å². The van der Waals surface area contributed by atoms with Crippen LogP contribution in [0.4, 0.5) is 8.78 Å². The molecule has 4 aromatic rings. The number of ether oxygens (including phenoxy) is 3. The Labute approximate surface area is 278 Å². The van der Waals surface area contributed by atoms with Gasteiger partial charge in [-0.3, -0.25) is 9.59 Å². The van der Waals surface area contributed by atoms with Gasteiger partial charge >= 0.3 is 5.97 Å². The number of carbonyl (C=O) groups excluding carboxylic acids is 2. The Kier molecular flexibility index (Phi) is 11.1. The quantitative estimate of drug-likeness (QED) is 0.152. The number of benzene rings is 4. The number of rotatable bonds is 12. The Morgan fingerprint density at radius 3 is 2.28 bits per heavy atom. The lowest BCUT2D eigenvalue weighted by atomic mass is 9.91. The van der Waals surface area contributed by atoms with Crippen molar-refractivity contribution >= 4 is 23.5 Å². The summed E-state index contributed by atoms with van der Waals surface area (Å²) in [6, 6.07) is 17.6. The van der Waals surface area contributed by atoms with Crippen LogP contribution in [0.15, 0.2) is 66.7 Å². The van der Waals surface area contributed by atoms with E-state index in [0.29, 0.717) is 35.6 Å². The van der Waals surface area contributed by atoms with Crippen molar-refractivity contribution in [3.05, 3.63) is 117 Å². The van der Waals surface area contributed by atoms with Gasteiger partial charge in [-0.05, 0) is 97.8 Å². The molecule has 0 aromatic heterocycles. The highest BCUT2D eigenvalue weighted by molar-refractivity contribution is 6.32. The normalized spacial score (nSPS) is 14.1. The minimum atomic E-state index is -0.717. The average molecular weight is 663 g/mol. The van der Waals surface area contributed by atoms with Crippen LogP contribution in [0, 0.1) is 25.5 Å². The van der Waals surface area contributed by atoms with Crippen molar-refractivity contribution in [3.8, 4) is 22.6 Å². The molecule has 5 rings (SSSR count). The molecular weight excluding hydrogens is 626 g/mol. The largest absolute Gasteiger partial charge is 0.488 e. The van der Waals surface area contributed by atoms with Crippen molar-refractivity contribution in [1.82, 2.24) is 10.6 Å². The zero-order valence-corrected chi connectivity index (χ0v) is 27.3. The highest BCUT2D eigenvalue weighted by atomic mass is 35.5. The predicted molar refractivity (Wildman–Crippen MR) is 177 cm³/mol. The van der Waals surface area contributed by atoms with Crippen LogP contribution in [0.5, 0.6) is 11.5 Å². The molecule has 1 aliphatic heterocycles. The number of nitrogens with one attached hydrogen (secondary N) is 2. The topological polar surface area (TPSA) is 85.9 Å². The Hall–Kier alpha value is -4.47. The Bertz CT molecular complexity index is 1750. The third-order valence-electron chi connectivity index (χ3n) is 8.18. The molecular formula is C37H37ClF2N2O5. The van der Waals surface area contributed by atoms with E-state index in [1.165, 1.54) is 12.1 Å². The SMILES string of the molecule is CCNC(=O)c1cccc(-c2cccc(COc3cc(OCc4cc(F)cc(F)c4)c(COC(=O)[C@@H]4CCCN4)cc3Cl)c2C)c1C. The van der Waals surface area contributed by atoms with Crippen LogP contribution in [0.1, 0.15) is 57.9 Å². The molecule has 10 heteroatoms. The predicted octanol–water partition coefficient (Wildman–Crippen LogP) is 7.60. The highest BCUT2D eigenvalue weighted by Gasteiger charge is 2.24. The molecule has 0 spiro atoms. The van der Waals surface area contributed by atoms with Gasteiger partial charge < -0.3 is 24.8 Å². The molecule has 1 amide bonds. The molecule has 0 bridgehead atoms. The first-order valence-electron chi connectivity index (χ1n) is 15.5. The molecule has 1 aliphatic rings. The standard InChI is InChI=1S/C37H37ClF2N2O5/c1-4-41-36(43)31-11-6-10-30(23(31)3)29-9-5-8-25(22(29)2)20-46-35-18-34(45-19-24-14-27(39)17-28(40)15-24)26(16-32(35)38)21-47-37(44)33-12-7-13-42-33/h5-6,8-11,14-18,33,42H,4,7,12-13,19-21H2,1-3H3,(H,41,43)/t33-/m0/s1. The van der Waals surface area contributed by atoms with Gasteiger partial charge in [0.15, 0.2) is 0 Å². The van der Waals surface area contributed by atoms with E-state index in [0.717, 1.165) is 46.8 Å². The lowest BCUT2D eigenvalue weighted by Crippen LogP contribution is -2.32. The summed E-state index contributed by atoms with van der Waals surface area (Å²) in [5.74, 6) is -1.31. The molecule has 0 saturated carbocycles. The van der Waals surface area contributed by atoms with Crippen LogP contribution in [-0.4, -0.2) is 31.0 Å². The van der Waals surface area contributed by atoms with Crippen molar-refractivity contribution in [2.24, 2.45) is 0 Å². The molecule has 0 unspecified atom stereocenters. The van der Waals surface area contributed by atoms with Gasteiger partial charge in [-0.1, -0.05) is 41.9 Å². The fourth-order valence-electron chi connectivity index (χ4n) is 5.64. The monoisotopic (exact) mass is 662 g/mol. The van der Waals surface area contributed by atoms with Crippen LogP contribution in [-0.2, 0) is 29.4 Å². The minimum Gasteiger partial charge on any atom is -0.488 e. The summed E-state index contributed by atoms with van der Waals surface area (Å²) >= 11 is 6.66. The molecule has 1 fully saturated rings. The summed E-state index contributed by atoms with van der Waals surface area (Å²) in [6.45, 7) is 7.02. The molecule has 47 heavy (non-hydrogen) atoms. The fraction of sp³-hybridized carbons (Fsp3) is 0.297. The summed E-state index contributed by atoms with van der Waals surface area (Å²) in [7, 11) is 0. The minimum absolute atomic E-state index is 0.111. The number of halogens is 3. The smallest absolute Gasteiger partial charge is 0.323 e. The number of hydrogen-bond donors (Lipinski definition) is 2. The Balaban J connectivity index is 1.38. The molecule has 4 aromatic carbocycles. The van der Waals surface area contributed by atoms with Gasteiger partial charge in [0.2, 0.25) is 0 Å². The van der Waals surface area contributed by atoms with Crippen molar-refractivity contribution in [2.45, 2.75) is 59.5 Å². The third kappa shape index (κ3) is 8.28. The van der Waals surface area contributed by atoms with Crippen LogP contribution >= 0.6 is 11.6 Å². The fourth-order valence-corrected chi connectivity index (χ4v) is 5.88. The van der Waals surface area contributed by atoms with Crippen LogP contribution < -0.4 is 20.1 Å². The van der Waals surface area contributed by atoms with E-state index in [1.807, 2.05) is 57.2 Å². The summed E-state index contributed by atoms with van der Waals surface area (Å²) < 4.78 is 45.4. The Morgan fingerprint density at radius 2 is 1.57 bits per heavy atom. The molecule has 2 N–H and O–H groups in total. The zero-order valence-electron chi connectivity index (χ0n) is 26.6. The van der Waals surface area contributed by atoms with Gasteiger partial charge in [0.05, 0.1) is 5.02 Å². The number of carbonyl (C=O) groups is 2. The average Bonchev–Trinajstić information content (AvgIpc) is 3.59. The third-order valence-corrected chi connectivity index (χ3v) is 8.48. The summed E-state index contributed by atoms with van der Waals surface area (Å²) in [4.78, 5) is 25.2. The zero-order chi connectivity index (χ0) is 33.5. The van der Waals surface area contributed by atoms with E-state index < -0.39 is 11.6 Å². The lowest BCUT2D eigenvalue weighted by Gasteiger charge is -2.18. The van der Waals surface area contributed by atoms with Gasteiger partial charge in [0.1, 0.15) is 49.0 Å². The van der Waals surface area contributed by atoms with Gasteiger partial charge in [0.25, 0.3) is 5.91 Å². The summed E-state index contributed by atoms with van der Waals surface area (Å²) in [5, 5.41) is 6.25. The van der Waals surface area contributed by atoms with Gasteiger partial charge in [-0.15, -0.1) is 0 Å². The van der Waals surface area contributed by atoms with E-state index >= 15 is 0 Å². The molecule has 0 aliphatic carbocycles. The van der Waals surface area contributed by atoms with Crippen LogP contribution in [0.25, 0.3) is 11.1 Å². The van der Waals surface area contributed by atoms with Crippen LogP contribution in [0.3, 0.4) is 0 Å². The van der Waals surface area contributed by atoms with E-state index in [-0.39, 0.29) is 48.3 Å². The summed E-state index contributed by atoms with van der Waals surface area (Å²) in [5.41, 5.74) is 6.07. The van der Waals surface area contributed by atoms with Gasteiger partial charge in [-0.2, -0.15) is 0 Å². The maximum absolute atomic E-state index is 13.8. The first-order chi connectivity index (χ1) is 22.6. The van der Waals surface area contributed by atoms with Crippen molar-refractivity contribution in [2.75, 3.05) is 13.1 Å². The maximum Gasteiger partial charge on any atom is 0.323 e. The lowest BCUT2D eigenvalue weighted by molar-refractivity contribution is -0.147. The van der Waals surface area contributed by atoms with Crippen LogP contribution in [0.2, 0.25) is 5.02 Å². The van der Waals surface area contributed by atoms with Crippen molar-refractivity contribution in [3.63, 3.8) is 0 Å². The summed E-state index contributed by atoms with van der Waals surface area (Å²) in [6.07, 6.45) is 1.58.